The molecule has 29 heavy (non-hydrogen) atoms. The van der Waals surface area contributed by atoms with Crippen molar-refractivity contribution >= 4 is 5.65 Å². The molecule has 5 aromatic rings. The summed E-state index contributed by atoms with van der Waals surface area (Å²) in [6.07, 6.45) is 5.08. The number of aryl methyl sites for hydroxylation is 1. The molecule has 142 valence electrons. The van der Waals surface area contributed by atoms with Crippen LogP contribution in [0.5, 0.6) is 5.88 Å². The highest BCUT2D eigenvalue weighted by Crippen LogP contribution is 2.30. The number of rotatable bonds is 5. The van der Waals surface area contributed by atoms with Gasteiger partial charge >= 0.3 is 0 Å². The smallest absolute Gasteiger partial charge is 0.240 e. The second-order valence-corrected chi connectivity index (χ2v) is 6.38. The van der Waals surface area contributed by atoms with Crippen molar-refractivity contribution in [1.82, 2.24) is 39.6 Å². The molecule has 0 saturated heterocycles. The van der Waals surface area contributed by atoms with Crippen molar-refractivity contribution in [2.75, 3.05) is 0 Å². The van der Waals surface area contributed by atoms with Gasteiger partial charge in [0.2, 0.25) is 5.88 Å². The molecule has 4 aromatic heterocycles. The zero-order valence-electron chi connectivity index (χ0n) is 15.5. The summed E-state index contributed by atoms with van der Waals surface area (Å²) in [6.45, 7) is 0.195. The molecule has 0 atom stereocenters. The van der Waals surface area contributed by atoms with E-state index in [1.165, 1.54) is 0 Å². The van der Waals surface area contributed by atoms with Crippen molar-refractivity contribution in [2.45, 2.75) is 6.61 Å². The van der Waals surface area contributed by atoms with Gasteiger partial charge in [-0.2, -0.15) is 9.61 Å². The molecule has 0 radical (unpaired) electrons. The number of ether oxygens (including phenoxy) is 1. The van der Waals surface area contributed by atoms with E-state index in [4.69, 9.17) is 9.84 Å². The summed E-state index contributed by atoms with van der Waals surface area (Å²) in [5.41, 5.74) is 3.26. The van der Waals surface area contributed by atoms with Crippen molar-refractivity contribution in [2.24, 2.45) is 7.05 Å². The molecule has 9 heteroatoms. The summed E-state index contributed by atoms with van der Waals surface area (Å²) in [6, 6.07) is 15.5. The summed E-state index contributed by atoms with van der Waals surface area (Å²) in [4.78, 5) is 8.29. The monoisotopic (exact) mass is 384 g/mol. The molecule has 0 unspecified atom stereocenters. The predicted octanol–water partition coefficient (Wildman–Crippen LogP) is 2.56. The van der Waals surface area contributed by atoms with Crippen LogP contribution in [0.25, 0.3) is 28.2 Å². The number of hydrogen-bond donors (Lipinski definition) is 0. The number of fused-ring (bicyclic) bond motifs is 1. The van der Waals surface area contributed by atoms with Crippen LogP contribution >= 0.6 is 0 Å². The van der Waals surface area contributed by atoms with Crippen LogP contribution in [-0.2, 0) is 13.7 Å². The maximum absolute atomic E-state index is 6.01. The van der Waals surface area contributed by atoms with E-state index in [0.717, 1.165) is 16.7 Å². The molecule has 0 N–H and O–H groups in total. The minimum absolute atomic E-state index is 0.195. The van der Waals surface area contributed by atoms with Crippen LogP contribution < -0.4 is 4.74 Å². The van der Waals surface area contributed by atoms with Crippen LogP contribution in [-0.4, -0.2) is 39.6 Å². The van der Waals surface area contributed by atoms with E-state index in [1.54, 1.807) is 27.9 Å². The first-order chi connectivity index (χ1) is 14.3. The molecule has 4 heterocycles. The number of nitrogens with zero attached hydrogens (tertiary/aromatic N) is 8. The van der Waals surface area contributed by atoms with Crippen LogP contribution in [0.15, 0.2) is 67.3 Å². The molecule has 0 amide bonds. The third kappa shape index (κ3) is 3.29. The highest BCUT2D eigenvalue weighted by molar-refractivity contribution is 5.72. The third-order valence-electron chi connectivity index (χ3n) is 4.37. The lowest BCUT2D eigenvalue weighted by Crippen LogP contribution is -2.05. The zero-order chi connectivity index (χ0) is 19.6. The molecule has 1 aromatic carbocycles. The molecule has 0 aliphatic heterocycles. The van der Waals surface area contributed by atoms with Gasteiger partial charge in [0.05, 0.1) is 0 Å². The van der Waals surface area contributed by atoms with Crippen molar-refractivity contribution in [3.63, 3.8) is 0 Å². The zero-order valence-corrected chi connectivity index (χ0v) is 15.5. The van der Waals surface area contributed by atoms with Gasteiger partial charge in [-0.1, -0.05) is 30.3 Å². The Balaban J connectivity index is 1.62. The highest BCUT2D eigenvalue weighted by Gasteiger charge is 2.16. The first-order valence-corrected chi connectivity index (χ1v) is 8.97. The topological polar surface area (TPSA) is 95.9 Å². The molecule has 0 spiro atoms. The van der Waals surface area contributed by atoms with Gasteiger partial charge in [0, 0.05) is 30.6 Å². The van der Waals surface area contributed by atoms with Gasteiger partial charge in [-0.3, -0.25) is 9.67 Å². The lowest BCUT2D eigenvalue weighted by atomic mass is 10.1. The first-order valence-electron chi connectivity index (χ1n) is 8.97. The molecular weight excluding hydrogens is 368 g/mol. The Hall–Kier alpha value is -4.14. The maximum atomic E-state index is 6.01. The van der Waals surface area contributed by atoms with Crippen molar-refractivity contribution in [1.29, 1.82) is 0 Å². The Bertz CT molecular complexity index is 1260. The summed E-state index contributed by atoms with van der Waals surface area (Å²) in [7, 11) is 1.81. The van der Waals surface area contributed by atoms with E-state index >= 15 is 0 Å². The number of benzene rings is 1. The minimum Gasteiger partial charge on any atom is -0.468 e. The van der Waals surface area contributed by atoms with Gasteiger partial charge in [-0.15, -0.1) is 15.3 Å². The first kappa shape index (κ1) is 17.0. The summed E-state index contributed by atoms with van der Waals surface area (Å²) < 4.78 is 9.33. The van der Waals surface area contributed by atoms with Crippen molar-refractivity contribution < 1.29 is 4.74 Å². The van der Waals surface area contributed by atoms with Crippen molar-refractivity contribution in [3.8, 4) is 28.4 Å². The van der Waals surface area contributed by atoms with Gasteiger partial charge in [-0.25, -0.2) is 4.98 Å². The average Bonchev–Trinajstić information content (AvgIpc) is 3.38. The lowest BCUT2D eigenvalue weighted by Gasteiger charge is -2.10. The van der Waals surface area contributed by atoms with Crippen LogP contribution in [0.2, 0.25) is 0 Å². The Morgan fingerprint density at radius 2 is 1.76 bits per heavy atom. The highest BCUT2D eigenvalue weighted by atomic mass is 16.5. The average molecular weight is 384 g/mol. The normalized spacial score (nSPS) is 11.1. The standard InChI is InChI=1S/C20H16N8O/c1-27-13-22-17(25-27)12-29-20-16(14-7-9-21-10-8-14)11-18-23-24-19(28(18)26-20)15-5-3-2-4-6-15/h2-11,13H,12H2,1H3. The second-order valence-electron chi connectivity index (χ2n) is 6.38. The fourth-order valence-corrected chi connectivity index (χ4v) is 3.01. The minimum atomic E-state index is 0.195. The molecule has 0 aliphatic carbocycles. The van der Waals surface area contributed by atoms with Crippen LogP contribution in [0.1, 0.15) is 5.82 Å². The van der Waals surface area contributed by atoms with Crippen LogP contribution in [0.4, 0.5) is 0 Å². The van der Waals surface area contributed by atoms with Gasteiger partial charge in [0.1, 0.15) is 6.33 Å². The molecule has 9 nitrogen and oxygen atoms in total. The van der Waals surface area contributed by atoms with Gasteiger partial charge in [-0.05, 0) is 23.8 Å². The Labute approximate surface area is 165 Å². The van der Waals surface area contributed by atoms with Gasteiger partial charge in [0.25, 0.3) is 0 Å². The predicted molar refractivity (Wildman–Crippen MR) is 105 cm³/mol. The third-order valence-corrected chi connectivity index (χ3v) is 4.37. The summed E-state index contributed by atoms with van der Waals surface area (Å²) in [5.74, 6) is 1.65. The lowest BCUT2D eigenvalue weighted by molar-refractivity contribution is 0.281. The van der Waals surface area contributed by atoms with E-state index in [2.05, 4.69) is 25.3 Å². The quantitative estimate of drug-likeness (QED) is 0.459. The summed E-state index contributed by atoms with van der Waals surface area (Å²) >= 11 is 0. The molecule has 0 aliphatic rings. The molecule has 5 rings (SSSR count). The number of hydrogen-bond acceptors (Lipinski definition) is 7. The molecule has 0 fully saturated rings. The molecule has 0 bridgehead atoms. The van der Waals surface area contributed by atoms with Crippen LogP contribution in [0, 0.1) is 0 Å². The Kier molecular flexibility index (Phi) is 4.17. The second kappa shape index (κ2) is 7.12. The largest absolute Gasteiger partial charge is 0.468 e. The van der Waals surface area contributed by atoms with Crippen LogP contribution in [0.3, 0.4) is 0 Å². The van der Waals surface area contributed by atoms with Gasteiger partial charge in [0.15, 0.2) is 23.9 Å². The fourth-order valence-electron chi connectivity index (χ4n) is 3.01. The van der Waals surface area contributed by atoms with E-state index in [0.29, 0.717) is 23.2 Å². The SMILES string of the molecule is Cn1cnc(COc2nn3c(-c4ccccc4)nnc3cc2-c2ccncc2)n1. The Morgan fingerprint density at radius 1 is 0.931 bits per heavy atom. The summed E-state index contributed by atoms with van der Waals surface area (Å²) in [5, 5.41) is 17.6. The molecular formula is C20H16N8O. The van der Waals surface area contributed by atoms with Gasteiger partial charge < -0.3 is 4.74 Å². The molecule has 0 saturated carbocycles. The van der Waals surface area contributed by atoms with E-state index < -0.39 is 0 Å². The van der Waals surface area contributed by atoms with E-state index in [-0.39, 0.29) is 6.61 Å². The number of aromatic nitrogens is 8. The fraction of sp³-hybridized carbons (Fsp3) is 0.100. The number of pyridine rings is 1. The maximum Gasteiger partial charge on any atom is 0.240 e. The van der Waals surface area contributed by atoms with E-state index in [9.17, 15) is 0 Å². The van der Waals surface area contributed by atoms with Crippen molar-refractivity contribution in [3.05, 3.63) is 73.1 Å². The van der Waals surface area contributed by atoms with E-state index in [1.807, 2.05) is 55.6 Å². The Morgan fingerprint density at radius 3 is 2.52 bits per heavy atom.